The van der Waals surface area contributed by atoms with E-state index in [-0.39, 0.29) is 0 Å². The quantitative estimate of drug-likeness (QED) is 0.849. The van der Waals surface area contributed by atoms with Crippen molar-refractivity contribution in [3.8, 4) is 0 Å². The Hall–Kier alpha value is -0.520. The van der Waals surface area contributed by atoms with Crippen LogP contribution in [0.25, 0.3) is 0 Å². The van der Waals surface area contributed by atoms with Gasteiger partial charge in [0.05, 0.1) is 11.4 Å². The molecule has 3 rings (SSSR count). The van der Waals surface area contributed by atoms with Crippen LogP contribution >= 0.6 is 11.8 Å². The number of nitrogens with one attached hydrogen (secondary N) is 1. The highest BCUT2D eigenvalue weighted by Gasteiger charge is 2.15. The Balaban J connectivity index is 1.67. The molecule has 0 bridgehead atoms. The summed E-state index contributed by atoms with van der Waals surface area (Å²) in [7, 11) is 0. The van der Waals surface area contributed by atoms with E-state index >= 15 is 0 Å². The van der Waals surface area contributed by atoms with Crippen LogP contribution in [0.3, 0.4) is 0 Å². The van der Waals surface area contributed by atoms with Crippen molar-refractivity contribution < 1.29 is 0 Å². The molecule has 17 heavy (non-hydrogen) atoms. The van der Waals surface area contributed by atoms with Gasteiger partial charge in [-0.05, 0) is 19.0 Å². The molecule has 1 aromatic rings. The van der Waals surface area contributed by atoms with Crippen LogP contribution in [0.4, 0.5) is 0 Å². The van der Waals surface area contributed by atoms with Crippen molar-refractivity contribution in [1.82, 2.24) is 20.0 Å². The van der Waals surface area contributed by atoms with Crippen LogP contribution in [0.2, 0.25) is 0 Å². The topological polar surface area (TPSA) is 33.1 Å². The van der Waals surface area contributed by atoms with Gasteiger partial charge in [-0.1, -0.05) is 0 Å². The molecule has 0 atom stereocenters. The lowest BCUT2D eigenvalue weighted by atomic mass is 10.3. The monoisotopic (exact) mass is 252 g/mol. The van der Waals surface area contributed by atoms with Gasteiger partial charge in [-0.15, -0.1) is 0 Å². The van der Waals surface area contributed by atoms with Gasteiger partial charge in [0.1, 0.15) is 0 Å². The summed E-state index contributed by atoms with van der Waals surface area (Å²) in [5, 5.41) is 8.18. The fraction of sp³-hybridized carbons (Fsp3) is 0.750. The zero-order valence-corrected chi connectivity index (χ0v) is 11.0. The van der Waals surface area contributed by atoms with E-state index in [1.807, 2.05) is 0 Å². The number of rotatable bonds is 2. The van der Waals surface area contributed by atoms with Crippen LogP contribution in [0, 0.1) is 0 Å². The molecule has 2 aliphatic heterocycles. The lowest BCUT2D eigenvalue weighted by Gasteiger charge is -2.25. The number of aryl methyl sites for hydroxylation is 1. The second-order valence-corrected chi connectivity index (χ2v) is 5.99. The molecule has 1 N–H and O–H groups in total. The summed E-state index contributed by atoms with van der Waals surface area (Å²) < 4.78 is 2.19. The molecule has 0 amide bonds. The third-order valence-corrected chi connectivity index (χ3v) is 4.38. The van der Waals surface area contributed by atoms with Gasteiger partial charge in [-0.3, -0.25) is 9.58 Å². The largest absolute Gasteiger partial charge is 0.311 e. The summed E-state index contributed by atoms with van der Waals surface area (Å²) in [6, 6.07) is 2.28. The Morgan fingerprint density at radius 2 is 2.18 bits per heavy atom. The predicted octanol–water partition coefficient (Wildman–Crippen LogP) is 0.925. The molecule has 0 unspecified atom stereocenters. The van der Waals surface area contributed by atoms with E-state index in [0.29, 0.717) is 0 Å². The minimum atomic E-state index is 0.975. The van der Waals surface area contributed by atoms with Gasteiger partial charge in [0, 0.05) is 44.2 Å². The number of aromatic nitrogens is 2. The molecule has 2 aliphatic rings. The third-order valence-electron chi connectivity index (χ3n) is 3.43. The molecule has 3 heterocycles. The number of thioether (sulfide) groups is 1. The molecule has 0 radical (unpaired) electrons. The standard InChI is InChI=1S/C12H20N4S/c1-2-13-9-12-8-11(14-16(12)3-1)10-15-4-6-17-7-5-15/h8,13H,1-7,9-10H2. The Morgan fingerprint density at radius 1 is 1.29 bits per heavy atom. The van der Waals surface area contributed by atoms with Crippen molar-refractivity contribution >= 4 is 11.8 Å². The molecule has 1 aromatic heterocycles. The number of fused-ring (bicyclic) bond motifs is 1. The second kappa shape index (κ2) is 5.42. The lowest BCUT2D eigenvalue weighted by molar-refractivity contribution is 0.289. The van der Waals surface area contributed by atoms with Crippen LogP contribution in [-0.2, 0) is 19.6 Å². The van der Waals surface area contributed by atoms with E-state index in [0.717, 1.165) is 26.2 Å². The van der Waals surface area contributed by atoms with Crippen LogP contribution in [0.5, 0.6) is 0 Å². The van der Waals surface area contributed by atoms with Crippen molar-refractivity contribution in [3.05, 3.63) is 17.5 Å². The Morgan fingerprint density at radius 3 is 3.06 bits per heavy atom. The SMILES string of the molecule is c1c(CN2CCSCC2)nn2c1CNCCC2. The van der Waals surface area contributed by atoms with Crippen molar-refractivity contribution in [2.24, 2.45) is 0 Å². The molecule has 94 valence electrons. The molecule has 0 spiro atoms. The Bertz CT molecular complexity index is 347. The van der Waals surface area contributed by atoms with E-state index in [4.69, 9.17) is 5.10 Å². The van der Waals surface area contributed by atoms with Gasteiger partial charge < -0.3 is 5.32 Å². The van der Waals surface area contributed by atoms with Gasteiger partial charge in [0.15, 0.2) is 0 Å². The summed E-state index contributed by atoms with van der Waals surface area (Å²) in [4.78, 5) is 2.52. The van der Waals surface area contributed by atoms with Gasteiger partial charge in [-0.25, -0.2) is 0 Å². The number of hydrogen-bond acceptors (Lipinski definition) is 4. The summed E-state index contributed by atoms with van der Waals surface area (Å²) in [6.07, 6.45) is 1.19. The van der Waals surface area contributed by atoms with Crippen molar-refractivity contribution in [2.75, 3.05) is 31.1 Å². The molecule has 1 fully saturated rings. The first kappa shape index (κ1) is 11.6. The van der Waals surface area contributed by atoms with E-state index in [1.165, 1.54) is 42.4 Å². The first-order chi connectivity index (χ1) is 8.42. The maximum absolute atomic E-state index is 4.73. The van der Waals surface area contributed by atoms with Gasteiger partial charge in [0.2, 0.25) is 0 Å². The summed E-state index contributed by atoms with van der Waals surface area (Å²) in [5.74, 6) is 2.55. The van der Waals surface area contributed by atoms with Crippen LogP contribution < -0.4 is 5.32 Å². The van der Waals surface area contributed by atoms with Gasteiger partial charge >= 0.3 is 0 Å². The fourth-order valence-corrected chi connectivity index (χ4v) is 3.47. The zero-order valence-electron chi connectivity index (χ0n) is 10.2. The van der Waals surface area contributed by atoms with Crippen LogP contribution in [0.15, 0.2) is 6.07 Å². The summed E-state index contributed by atoms with van der Waals surface area (Å²) >= 11 is 2.06. The lowest BCUT2D eigenvalue weighted by Crippen LogP contribution is -2.32. The van der Waals surface area contributed by atoms with Crippen molar-refractivity contribution in [3.63, 3.8) is 0 Å². The van der Waals surface area contributed by atoms with Crippen LogP contribution in [0.1, 0.15) is 17.8 Å². The van der Waals surface area contributed by atoms with Gasteiger partial charge in [-0.2, -0.15) is 16.9 Å². The predicted molar refractivity (Wildman–Crippen MR) is 71.2 cm³/mol. The smallest absolute Gasteiger partial charge is 0.0768 e. The minimum absolute atomic E-state index is 0.975. The highest BCUT2D eigenvalue weighted by molar-refractivity contribution is 7.99. The molecule has 5 heteroatoms. The van der Waals surface area contributed by atoms with E-state index < -0.39 is 0 Å². The molecule has 0 aliphatic carbocycles. The fourth-order valence-electron chi connectivity index (χ4n) is 2.49. The molecular weight excluding hydrogens is 232 g/mol. The van der Waals surface area contributed by atoms with E-state index in [9.17, 15) is 0 Å². The first-order valence-electron chi connectivity index (χ1n) is 6.48. The summed E-state index contributed by atoms with van der Waals surface area (Å²) in [6.45, 7) is 6.61. The number of hydrogen-bond donors (Lipinski definition) is 1. The maximum atomic E-state index is 4.73. The molecule has 1 saturated heterocycles. The Kier molecular flexibility index (Phi) is 3.68. The second-order valence-electron chi connectivity index (χ2n) is 4.77. The normalized spacial score (nSPS) is 22.1. The third kappa shape index (κ3) is 2.84. The maximum Gasteiger partial charge on any atom is 0.0768 e. The highest BCUT2D eigenvalue weighted by Crippen LogP contribution is 2.14. The first-order valence-corrected chi connectivity index (χ1v) is 7.64. The average molecular weight is 252 g/mol. The molecule has 0 saturated carbocycles. The van der Waals surface area contributed by atoms with Gasteiger partial charge in [0.25, 0.3) is 0 Å². The molecule has 0 aromatic carbocycles. The number of nitrogens with zero attached hydrogens (tertiary/aromatic N) is 3. The summed E-state index contributed by atoms with van der Waals surface area (Å²) in [5.41, 5.74) is 2.60. The van der Waals surface area contributed by atoms with Crippen molar-refractivity contribution in [2.45, 2.75) is 26.1 Å². The average Bonchev–Trinajstić information content (AvgIpc) is 2.60. The Labute approximate surface area is 107 Å². The minimum Gasteiger partial charge on any atom is -0.311 e. The zero-order chi connectivity index (χ0) is 11.5. The van der Waals surface area contributed by atoms with Crippen molar-refractivity contribution in [1.29, 1.82) is 0 Å². The highest BCUT2D eigenvalue weighted by atomic mass is 32.2. The molecular formula is C12H20N4S. The van der Waals surface area contributed by atoms with E-state index in [1.54, 1.807) is 0 Å². The molecule has 4 nitrogen and oxygen atoms in total. The van der Waals surface area contributed by atoms with Crippen LogP contribution in [-0.4, -0.2) is 45.8 Å². The van der Waals surface area contributed by atoms with E-state index in [2.05, 4.69) is 32.7 Å².